The summed E-state index contributed by atoms with van der Waals surface area (Å²) < 4.78 is 38.0. The molecule has 0 saturated heterocycles. The largest absolute Gasteiger partial charge is 0.424 e. The van der Waals surface area contributed by atoms with Crippen molar-refractivity contribution in [3.63, 3.8) is 0 Å². The number of hydrogen-bond donors (Lipinski definition) is 0. The van der Waals surface area contributed by atoms with Crippen molar-refractivity contribution in [1.29, 1.82) is 0 Å². The van der Waals surface area contributed by atoms with Gasteiger partial charge in [-0.05, 0) is 22.4 Å². The Balaban J connectivity index is 2.61. The highest BCUT2D eigenvalue weighted by molar-refractivity contribution is 5.86. The van der Waals surface area contributed by atoms with Crippen molar-refractivity contribution in [2.24, 2.45) is 0 Å². The van der Waals surface area contributed by atoms with E-state index in [4.69, 9.17) is 0 Å². The summed E-state index contributed by atoms with van der Waals surface area (Å²) in [4.78, 5) is 0. The van der Waals surface area contributed by atoms with E-state index in [2.05, 4.69) is 6.58 Å². The van der Waals surface area contributed by atoms with E-state index in [1.807, 2.05) is 17.9 Å². The van der Waals surface area contributed by atoms with Gasteiger partial charge >= 0.3 is 6.18 Å². The van der Waals surface area contributed by atoms with E-state index in [9.17, 15) is 13.2 Å². The normalized spacial score (nSPS) is 11.2. The van der Waals surface area contributed by atoms with Gasteiger partial charge in [0.15, 0.2) is 0 Å². The molecule has 0 N–H and O–H groups in total. The third-order valence-electron chi connectivity index (χ3n) is 2.50. The summed E-state index contributed by atoms with van der Waals surface area (Å²) in [7, 11) is 0. The van der Waals surface area contributed by atoms with E-state index in [0.717, 1.165) is 10.8 Å². The van der Waals surface area contributed by atoms with E-state index in [-0.39, 0.29) is 5.56 Å². The van der Waals surface area contributed by atoms with Crippen molar-refractivity contribution in [1.82, 2.24) is 0 Å². The number of alkyl halides is 3. The van der Waals surface area contributed by atoms with Gasteiger partial charge in [-0.2, -0.15) is 13.2 Å². The molecule has 0 unspecified atom stereocenters. The molecule has 0 aliphatic rings. The van der Waals surface area contributed by atoms with Gasteiger partial charge in [0.2, 0.25) is 0 Å². The monoisotopic (exact) mass is 234 g/mol. The third kappa shape index (κ3) is 2.24. The van der Waals surface area contributed by atoms with Gasteiger partial charge < -0.3 is 0 Å². The van der Waals surface area contributed by atoms with E-state index >= 15 is 0 Å². The molecule has 86 valence electrons. The molecule has 0 saturated carbocycles. The summed E-state index contributed by atoms with van der Waals surface area (Å²) in [6.45, 7) is 3.10. The number of rotatable bonds is 1. The van der Waals surface area contributed by atoms with Gasteiger partial charge in [0, 0.05) is 0 Å². The molecule has 2 rings (SSSR count). The molecule has 2 aromatic rings. The van der Waals surface area contributed by atoms with Crippen molar-refractivity contribution in [2.45, 2.75) is 6.18 Å². The van der Waals surface area contributed by atoms with Gasteiger partial charge in [-0.1, -0.05) is 43.0 Å². The Kier molecular flexibility index (Phi) is 2.78. The zero-order valence-corrected chi connectivity index (χ0v) is 8.88. The lowest BCUT2D eigenvalue weighted by atomic mass is 10.0. The van der Waals surface area contributed by atoms with Crippen LogP contribution in [0.3, 0.4) is 0 Å². The minimum Gasteiger partial charge on any atom is -0.165 e. The Bertz CT molecular complexity index is 602. The van der Waals surface area contributed by atoms with Crippen LogP contribution in [0.1, 0.15) is 5.56 Å². The molecule has 0 heterocycles. The molecule has 0 aliphatic heterocycles. The van der Waals surface area contributed by atoms with Crippen LogP contribution in [-0.2, 0) is 0 Å². The number of allylic oxidation sites excluding steroid dienone is 1. The fourth-order valence-corrected chi connectivity index (χ4v) is 1.71. The average molecular weight is 234 g/mol. The van der Waals surface area contributed by atoms with Crippen molar-refractivity contribution < 1.29 is 13.2 Å². The maximum atomic E-state index is 12.7. The minimum atomic E-state index is -4.43. The van der Waals surface area contributed by atoms with Crippen LogP contribution >= 0.6 is 0 Å². The molecule has 0 spiro atoms. The summed E-state index contributed by atoms with van der Waals surface area (Å²) in [5, 5.41) is 1.67. The molecule has 0 nitrogen and oxygen atoms in total. The van der Waals surface area contributed by atoms with Gasteiger partial charge in [-0.3, -0.25) is 0 Å². The maximum absolute atomic E-state index is 12.7. The molecule has 0 bridgehead atoms. The first kappa shape index (κ1) is 11.5. The summed E-state index contributed by atoms with van der Waals surface area (Å²) in [5.74, 6) is 0. The zero-order chi connectivity index (χ0) is 12.5. The predicted octanol–water partition coefficient (Wildman–Crippen LogP) is 4.57. The van der Waals surface area contributed by atoms with Crippen molar-refractivity contribution >= 4 is 16.3 Å². The summed E-state index contributed by atoms with van der Waals surface area (Å²) in [6.07, 6.45) is -4.43. The lowest BCUT2D eigenvalue weighted by Gasteiger charge is -2.10. The Morgan fingerprint density at radius 3 is 2.24 bits per heavy atom. The van der Waals surface area contributed by atoms with E-state index in [1.165, 1.54) is 12.1 Å². The molecule has 0 amide bonds. The molecule has 0 fully saturated rings. The highest BCUT2D eigenvalue weighted by atomic mass is 19.4. The zero-order valence-electron chi connectivity index (χ0n) is 8.88. The predicted molar refractivity (Wildman–Crippen MR) is 62.6 cm³/mol. The topological polar surface area (TPSA) is 0 Å². The van der Waals surface area contributed by atoms with Crippen LogP contribution in [0.25, 0.3) is 16.3 Å². The van der Waals surface area contributed by atoms with Gasteiger partial charge in [-0.15, -0.1) is 5.73 Å². The number of hydrogen-bond acceptors (Lipinski definition) is 0. The number of halogens is 3. The Hall–Kier alpha value is -1.99. The highest BCUT2D eigenvalue weighted by Gasteiger charge is 2.34. The minimum absolute atomic E-state index is 0.0891. The van der Waals surface area contributed by atoms with Gasteiger partial charge in [0.25, 0.3) is 0 Å². The molecule has 17 heavy (non-hydrogen) atoms. The first-order chi connectivity index (χ1) is 8.02. The molecule has 3 heteroatoms. The Morgan fingerprint density at radius 2 is 1.65 bits per heavy atom. The Labute approximate surface area is 96.7 Å². The van der Waals surface area contributed by atoms with Crippen LogP contribution in [0.15, 0.2) is 54.8 Å². The smallest absolute Gasteiger partial charge is 0.165 e. The number of fused-ring (bicyclic) bond motifs is 1. The van der Waals surface area contributed by atoms with E-state index in [0.29, 0.717) is 0 Å². The molecule has 0 radical (unpaired) electrons. The second kappa shape index (κ2) is 4.11. The Morgan fingerprint density at radius 1 is 1.00 bits per heavy atom. The van der Waals surface area contributed by atoms with Crippen molar-refractivity contribution in [3.05, 3.63) is 60.3 Å². The fourth-order valence-electron chi connectivity index (χ4n) is 1.71. The summed E-state index contributed by atoms with van der Waals surface area (Å²) >= 11 is 0. The standard InChI is InChI=1S/C14H9F3/c1-2-13(14(15,16)17)12-8-7-10-5-3-4-6-11(10)9-12/h3-9H,1H2. The van der Waals surface area contributed by atoms with Gasteiger partial charge in [0.05, 0.1) is 0 Å². The highest BCUT2D eigenvalue weighted by Crippen LogP contribution is 2.33. The van der Waals surface area contributed by atoms with Gasteiger partial charge in [0.1, 0.15) is 5.57 Å². The van der Waals surface area contributed by atoms with Crippen molar-refractivity contribution in [3.8, 4) is 0 Å². The molecule has 0 atom stereocenters. The second-order valence-corrected chi connectivity index (χ2v) is 3.61. The molecular formula is C14H9F3. The lowest BCUT2D eigenvalue weighted by molar-refractivity contribution is -0.0687. The van der Waals surface area contributed by atoms with Gasteiger partial charge in [-0.25, -0.2) is 0 Å². The lowest BCUT2D eigenvalue weighted by Crippen LogP contribution is -2.09. The SMILES string of the molecule is C=C=C(c1ccc2ccccc2c1)C(F)(F)F. The first-order valence-corrected chi connectivity index (χ1v) is 4.99. The van der Waals surface area contributed by atoms with Crippen LogP contribution in [0.2, 0.25) is 0 Å². The van der Waals surface area contributed by atoms with Crippen LogP contribution < -0.4 is 0 Å². The molecule has 0 aromatic heterocycles. The summed E-state index contributed by atoms with van der Waals surface area (Å²) in [5.41, 5.74) is 1.22. The van der Waals surface area contributed by atoms with Crippen LogP contribution in [-0.4, -0.2) is 6.18 Å². The van der Waals surface area contributed by atoms with Crippen LogP contribution in [0.5, 0.6) is 0 Å². The van der Waals surface area contributed by atoms with Crippen LogP contribution in [0.4, 0.5) is 13.2 Å². The summed E-state index contributed by atoms with van der Waals surface area (Å²) in [6, 6.07) is 11.8. The first-order valence-electron chi connectivity index (χ1n) is 4.99. The van der Waals surface area contributed by atoms with E-state index < -0.39 is 11.7 Å². The van der Waals surface area contributed by atoms with Crippen molar-refractivity contribution in [2.75, 3.05) is 0 Å². The quantitative estimate of drug-likeness (QED) is 0.634. The molecular weight excluding hydrogens is 225 g/mol. The second-order valence-electron chi connectivity index (χ2n) is 3.61. The third-order valence-corrected chi connectivity index (χ3v) is 2.50. The maximum Gasteiger partial charge on any atom is 0.424 e. The molecule has 2 aromatic carbocycles. The molecule has 0 aliphatic carbocycles. The number of benzene rings is 2. The average Bonchev–Trinajstić information content (AvgIpc) is 2.28. The van der Waals surface area contributed by atoms with E-state index in [1.54, 1.807) is 18.2 Å². The van der Waals surface area contributed by atoms with Crippen LogP contribution in [0, 0.1) is 0 Å². The fraction of sp³-hybridized carbons (Fsp3) is 0.0714.